The molecule has 0 aliphatic carbocycles. The van der Waals surface area contributed by atoms with Gasteiger partial charge in [-0.3, -0.25) is 4.79 Å². The molecule has 1 aromatic carbocycles. The van der Waals surface area contributed by atoms with Gasteiger partial charge in [-0.15, -0.1) is 0 Å². The number of carbonyl (C=O) groups excluding carboxylic acids is 2. The van der Waals surface area contributed by atoms with Gasteiger partial charge < -0.3 is 24.4 Å². The highest BCUT2D eigenvalue weighted by Gasteiger charge is 2.15. The zero-order chi connectivity index (χ0) is 19.1. The summed E-state index contributed by atoms with van der Waals surface area (Å²) >= 11 is 0. The molecule has 0 aliphatic heterocycles. The maximum absolute atomic E-state index is 11.9. The van der Waals surface area contributed by atoms with Crippen molar-refractivity contribution in [3.05, 3.63) is 40.2 Å². The molecule has 140 valence electrons. The third-order valence-corrected chi connectivity index (χ3v) is 3.91. The number of carboxylic acids is 1. The van der Waals surface area contributed by atoms with Crippen LogP contribution in [-0.2, 0) is 16.0 Å². The van der Waals surface area contributed by atoms with Crippen molar-refractivity contribution in [3.8, 4) is 5.75 Å². The second-order valence-electron chi connectivity index (χ2n) is 6.03. The molecule has 7 nitrogen and oxygen atoms in total. The normalized spacial score (nSPS) is 11.9. The quantitative estimate of drug-likeness (QED) is 0.672. The first-order valence-electron chi connectivity index (χ1n) is 8.61. The summed E-state index contributed by atoms with van der Waals surface area (Å²) in [4.78, 5) is 34.0. The van der Waals surface area contributed by atoms with Gasteiger partial charge in [-0.05, 0) is 37.5 Å². The second-order valence-corrected chi connectivity index (χ2v) is 6.03. The first-order chi connectivity index (χ1) is 12.4. The lowest BCUT2D eigenvalue weighted by atomic mass is 10.0. The van der Waals surface area contributed by atoms with Crippen molar-refractivity contribution in [1.29, 1.82) is 0 Å². The molecular weight excluding hydrogens is 338 g/mol. The Kier molecular flexibility index (Phi) is 6.77. The first kappa shape index (κ1) is 19.5. The summed E-state index contributed by atoms with van der Waals surface area (Å²) in [6, 6.07) is 6.60. The van der Waals surface area contributed by atoms with Crippen LogP contribution in [0.2, 0.25) is 0 Å². The summed E-state index contributed by atoms with van der Waals surface area (Å²) < 4.78 is 10.8. The van der Waals surface area contributed by atoms with Crippen LogP contribution in [0.25, 0.3) is 11.0 Å². The van der Waals surface area contributed by atoms with E-state index in [2.05, 4.69) is 12.2 Å². The Morgan fingerprint density at radius 3 is 2.77 bits per heavy atom. The summed E-state index contributed by atoms with van der Waals surface area (Å²) in [6.07, 6.45) is 1.69. The molecule has 0 radical (unpaired) electrons. The fourth-order valence-electron chi connectivity index (χ4n) is 2.55. The molecule has 0 saturated carbocycles. The number of fused-ring (bicyclic) bond motifs is 1. The number of unbranched alkanes of at least 4 members (excludes halogenated alkanes) is 1. The highest BCUT2D eigenvalue weighted by atomic mass is 16.5. The Morgan fingerprint density at radius 1 is 1.31 bits per heavy atom. The third-order valence-electron chi connectivity index (χ3n) is 3.91. The summed E-state index contributed by atoms with van der Waals surface area (Å²) in [6.45, 7) is 3.60. The van der Waals surface area contributed by atoms with Crippen molar-refractivity contribution in [3.63, 3.8) is 0 Å². The van der Waals surface area contributed by atoms with E-state index in [1.54, 1.807) is 25.1 Å². The molecule has 2 aromatic rings. The van der Waals surface area contributed by atoms with Crippen LogP contribution in [0.4, 0.5) is 0 Å². The number of hydrogen-bond donors (Lipinski definition) is 1. The number of aliphatic carboxylic acids is 1. The number of benzene rings is 1. The van der Waals surface area contributed by atoms with Crippen LogP contribution in [0.5, 0.6) is 5.75 Å². The molecule has 7 heteroatoms. The number of carbonyl (C=O) groups is 2. The van der Waals surface area contributed by atoms with Gasteiger partial charge in [-0.25, -0.2) is 4.79 Å². The van der Waals surface area contributed by atoms with Gasteiger partial charge in [0.1, 0.15) is 11.3 Å². The molecule has 0 aliphatic rings. The Hall–Kier alpha value is -2.83. The predicted octanol–water partition coefficient (Wildman–Crippen LogP) is 1.16. The van der Waals surface area contributed by atoms with Crippen molar-refractivity contribution in [2.24, 2.45) is 0 Å². The number of amides is 1. The number of carboxylic acid groups (broad SMARTS) is 1. The largest absolute Gasteiger partial charge is 0.550 e. The fraction of sp³-hybridized carbons (Fsp3) is 0.421. The average Bonchev–Trinajstić information content (AvgIpc) is 2.58. The lowest BCUT2D eigenvalue weighted by Gasteiger charge is -2.15. The molecule has 1 atom stereocenters. The van der Waals surface area contributed by atoms with E-state index in [1.165, 1.54) is 6.07 Å². The summed E-state index contributed by atoms with van der Waals surface area (Å²) in [5, 5.41) is 13.7. The fourth-order valence-corrected chi connectivity index (χ4v) is 2.55. The summed E-state index contributed by atoms with van der Waals surface area (Å²) in [5.41, 5.74) is 0.914. The van der Waals surface area contributed by atoms with Gasteiger partial charge >= 0.3 is 5.63 Å². The molecule has 0 bridgehead atoms. The molecular formula is C19H22NO6-. The van der Waals surface area contributed by atoms with Gasteiger partial charge in [0.15, 0.2) is 6.10 Å². The average molecular weight is 360 g/mol. The van der Waals surface area contributed by atoms with E-state index in [-0.39, 0.29) is 13.0 Å². The van der Waals surface area contributed by atoms with Crippen molar-refractivity contribution < 1.29 is 23.8 Å². The van der Waals surface area contributed by atoms with Gasteiger partial charge in [0.2, 0.25) is 0 Å². The molecule has 2 rings (SSSR count). The van der Waals surface area contributed by atoms with E-state index in [0.717, 1.165) is 30.2 Å². The molecule has 0 fully saturated rings. The molecule has 1 amide bonds. The van der Waals surface area contributed by atoms with E-state index in [9.17, 15) is 19.5 Å². The molecule has 1 aromatic heterocycles. The van der Waals surface area contributed by atoms with Gasteiger partial charge in [-0.2, -0.15) is 0 Å². The van der Waals surface area contributed by atoms with Gasteiger partial charge in [-0.1, -0.05) is 13.3 Å². The van der Waals surface area contributed by atoms with Crippen molar-refractivity contribution in [2.45, 2.75) is 45.6 Å². The second kappa shape index (κ2) is 9.03. The van der Waals surface area contributed by atoms with Crippen molar-refractivity contribution >= 4 is 22.8 Å². The minimum atomic E-state index is -1.23. The molecule has 1 N–H and O–H groups in total. The monoisotopic (exact) mass is 360 g/mol. The maximum atomic E-state index is 11.9. The Labute approximate surface area is 151 Å². The number of ether oxygens (including phenoxy) is 1. The number of hydrogen-bond acceptors (Lipinski definition) is 6. The van der Waals surface area contributed by atoms with E-state index in [4.69, 9.17) is 9.15 Å². The SMILES string of the molecule is CCCCc1cc(=O)oc2cc(O[C@H](C)C(=O)NCCC(=O)[O-])ccc12. The number of nitrogens with one attached hydrogen (secondary N) is 1. The Morgan fingerprint density at radius 2 is 2.08 bits per heavy atom. The van der Waals surface area contributed by atoms with Gasteiger partial charge in [0.05, 0.1) is 0 Å². The highest BCUT2D eigenvalue weighted by molar-refractivity contribution is 5.83. The van der Waals surface area contributed by atoms with Crippen molar-refractivity contribution in [1.82, 2.24) is 5.32 Å². The molecule has 26 heavy (non-hydrogen) atoms. The Balaban J connectivity index is 2.11. The smallest absolute Gasteiger partial charge is 0.336 e. The topological polar surface area (TPSA) is 109 Å². The highest BCUT2D eigenvalue weighted by Crippen LogP contribution is 2.24. The van der Waals surface area contributed by atoms with E-state index in [1.807, 2.05) is 0 Å². The van der Waals surface area contributed by atoms with E-state index in [0.29, 0.717) is 11.3 Å². The van der Waals surface area contributed by atoms with Crippen LogP contribution in [0.3, 0.4) is 0 Å². The Bertz CT molecular complexity index is 842. The van der Waals surface area contributed by atoms with E-state index < -0.39 is 23.6 Å². The molecule has 1 heterocycles. The minimum Gasteiger partial charge on any atom is -0.550 e. The van der Waals surface area contributed by atoms with Gasteiger partial charge in [0.25, 0.3) is 5.91 Å². The molecule has 0 saturated heterocycles. The van der Waals surface area contributed by atoms with Crippen LogP contribution < -0.4 is 20.8 Å². The summed E-state index contributed by atoms with van der Waals surface area (Å²) in [5.74, 6) is -1.29. The van der Waals surface area contributed by atoms with Crippen molar-refractivity contribution in [2.75, 3.05) is 6.54 Å². The van der Waals surface area contributed by atoms with Gasteiger partial charge in [0, 0.05) is 36.5 Å². The lowest BCUT2D eigenvalue weighted by Crippen LogP contribution is -2.38. The third kappa shape index (κ3) is 5.34. The minimum absolute atomic E-state index is 0.0255. The molecule has 0 spiro atoms. The number of rotatable bonds is 9. The summed E-state index contributed by atoms with van der Waals surface area (Å²) in [7, 11) is 0. The molecule has 0 unspecified atom stereocenters. The van der Waals surface area contributed by atoms with Crippen LogP contribution in [0.15, 0.2) is 33.5 Å². The lowest BCUT2D eigenvalue weighted by molar-refractivity contribution is -0.305. The predicted molar refractivity (Wildman–Crippen MR) is 93.8 cm³/mol. The standard InChI is InChI=1S/C19H23NO6/c1-3-4-5-13-10-18(23)26-16-11-14(6-7-15(13)16)25-12(2)19(24)20-9-8-17(21)22/h6-7,10-12H,3-5,8-9H2,1-2H3,(H,20,24)(H,21,22)/p-1/t12-/m1/s1. The zero-order valence-corrected chi connectivity index (χ0v) is 14.9. The first-order valence-corrected chi connectivity index (χ1v) is 8.61. The van der Waals surface area contributed by atoms with Crippen LogP contribution in [0, 0.1) is 0 Å². The maximum Gasteiger partial charge on any atom is 0.336 e. The van der Waals surface area contributed by atoms with Crippen LogP contribution in [0.1, 0.15) is 38.7 Å². The van der Waals surface area contributed by atoms with Crippen LogP contribution in [-0.4, -0.2) is 24.5 Å². The zero-order valence-electron chi connectivity index (χ0n) is 14.9. The number of aryl methyl sites for hydroxylation is 1. The van der Waals surface area contributed by atoms with Crippen LogP contribution >= 0.6 is 0 Å². The van der Waals surface area contributed by atoms with E-state index >= 15 is 0 Å².